The predicted molar refractivity (Wildman–Crippen MR) is 96.6 cm³/mol. The first kappa shape index (κ1) is 17.3. The molecular weight excluding hydrogens is 340 g/mol. The molecular formula is C17H20N4O3S. The van der Waals surface area contributed by atoms with Gasteiger partial charge in [0, 0.05) is 23.0 Å². The molecule has 1 fully saturated rings. The number of nitrogens with zero attached hydrogens (tertiary/aromatic N) is 2. The van der Waals surface area contributed by atoms with E-state index in [0.29, 0.717) is 16.4 Å². The van der Waals surface area contributed by atoms with E-state index in [1.165, 1.54) is 7.11 Å². The molecule has 0 spiro atoms. The molecule has 1 aromatic carbocycles. The summed E-state index contributed by atoms with van der Waals surface area (Å²) in [6.45, 7) is 1.93. The van der Waals surface area contributed by atoms with E-state index in [2.05, 4.69) is 20.0 Å². The van der Waals surface area contributed by atoms with Gasteiger partial charge in [0.15, 0.2) is 5.78 Å². The predicted octanol–water partition coefficient (Wildman–Crippen LogP) is 3.87. The summed E-state index contributed by atoms with van der Waals surface area (Å²) in [6, 6.07) is 5.20. The second kappa shape index (κ2) is 7.60. The Kier molecular flexibility index (Phi) is 5.28. The number of amides is 2. The molecule has 3 rings (SSSR count). The van der Waals surface area contributed by atoms with Crippen LogP contribution in [0.15, 0.2) is 18.2 Å². The molecule has 0 aliphatic heterocycles. The maximum Gasteiger partial charge on any atom is 0.329 e. The van der Waals surface area contributed by atoms with Crippen molar-refractivity contribution in [1.29, 1.82) is 0 Å². The molecule has 0 saturated heterocycles. The lowest BCUT2D eigenvalue weighted by atomic mass is 9.94. The largest absolute Gasteiger partial charge is 0.466 e. The molecule has 1 heterocycles. The highest BCUT2D eigenvalue weighted by Crippen LogP contribution is 2.31. The summed E-state index contributed by atoms with van der Waals surface area (Å²) in [5.41, 5.74) is 2.06. The number of ketones is 1. The molecule has 1 aliphatic carbocycles. The Morgan fingerprint density at radius 3 is 2.68 bits per heavy atom. The van der Waals surface area contributed by atoms with Crippen LogP contribution in [0.5, 0.6) is 6.01 Å². The molecule has 0 atom stereocenters. The van der Waals surface area contributed by atoms with Crippen LogP contribution in [0.3, 0.4) is 0 Å². The lowest BCUT2D eigenvalue weighted by Gasteiger charge is -2.14. The van der Waals surface area contributed by atoms with Gasteiger partial charge in [-0.15, -0.1) is 4.37 Å². The lowest BCUT2D eigenvalue weighted by molar-refractivity contribution is 0.0923. The highest BCUT2D eigenvalue weighted by molar-refractivity contribution is 7.10. The Morgan fingerprint density at radius 2 is 2.00 bits per heavy atom. The number of rotatable bonds is 5. The number of Topliss-reactive ketones (excluding diaryl/α,β-unsaturated/α-hetero) is 1. The summed E-state index contributed by atoms with van der Waals surface area (Å²) in [7, 11) is 1.46. The summed E-state index contributed by atoms with van der Waals surface area (Å²) in [6.07, 6.45) is 4.01. The van der Waals surface area contributed by atoms with Crippen molar-refractivity contribution in [3.8, 4) is 6.01 Å². The number of ether oxygens (including phenoxy) is 1. The van der Waals surface area contributed by atoms with Crippen molar-refractivity contribution < 1.29 is 14.3 Å². The number of aromatic nitrogens is 2. The average Bonchev–Trinajstić information content (AvgIpc) is 3.27. The van der Waals surface area contributed by atoms with Gasteiger partial charge in [-0.3, -0.25) is 10.1 Å². The van der Waals surface area contributed by atoms with E-state index in [9.17, 15) is 9.59 Å². The van der Waals surface area contributed by atoms with Crippen molar-refractivity contribution >= 4 is 34.2 Å². The van der Waals surface area contributed by atoms with Gasteiger partial charge in [0.1, 0.15) is 0 Å². The number of methoxy groups -OCH3 is 1. The molecule has 132 valence electrons. The second-order valence-corrected chi connectivity index (χ2v) is 6.81. The van der Waals surface area contributed by atoms with E-state index in [4.69, 9.17) is 4.74 Å². The second-order valence-electron chi connectivity index (χ2n) is 6.06. The molecule has 1 aliphatic rings. The maximum atomic E-state index is 12.8. The Hall–Kier alpha value is -2.48. The molecule has 25 heavy (non-hydrogen) atoms. The van der Waals surface area contributed by atoms with Gasteiger partial charge in [-0.1, -0.05) is 24.5 Å². The fourth-order valence-corrected chi connectivity index (χ4v) is 3.51. The van der Waals surface area contributed by atoms with Crippen LogP contribution in [0.2, 0.25) is 0 Å². The summed E-state index contributed by atoms with van der Waals surface area (Å²) in [5, 5.41) is 5.67. The number of urea groups is 1. The molecule has 8 heteroatoms. The Balaban J connectivity index is 1.74. The minimum atomic E-state index is -0.469. The van der Waals surface area contributed by atoms with Crippen LogP contribution in [-0.2, 0) is 0 Å². The van der Waals surface area contributed by atoms with Crippen molar-refractivity contribution in [1.82, 2.24) is 9.36 Å². The molecule has 2 N–H and O–H groups in total. The van der Waals surface area contributed by atoms with Gasteiger partial charge in [0.25, 0.3) is 0 Å². The van der Waals surface area contributed by atoms with Crippen LogP contribution < -0.4 is 15.4 Å². The van der Waals surface area contributed by atoms with Crippen molar-refractivity contribution in [3.63, 3.8) is 0 Å². The SMILES string of the molecule is COc1nsc(NC(=O)Nc2ccc(C)cc2C(=O)C2CCCC2)n1. The smallest absolute Gasteiger partial charge is 0.329 e. The molecule has 7 nitrogen and oxygen atoms in total. The van der Waals surface area contributed by atoms with Gasteiger partial charge >= 0.3 is 12.0 Å². The molecule has 1 saturated carbocycles. The van der Waals surface area contributed by atoms with E-state index < -0.39 is 6.03 Å². The topological polar surface area (TPSA) is 93.2 Å². The summed E-state index contributed by atoms with van der Waals surface area (Å²) in [5.74, 6) is 0.159. The van der Waals surface area contributed by atoms with Crippen molar-refractivity contribution in [2.24, 2.45) is 5.92 Å². The first-order valence-corrected chi connectivity index (χ1v) is 8.94. The molecule has 2 aromatic rings. The molecule has 1 aromatic heterocycles. The third-order valence-electron chi connectivity index (χ3n) is 4.23. The van der Waals surface area contributed by atoms with Crippen LogP contribution in [0, 0.1) is 12.8 Å². The van der Waals surface area contributed by atoms with Crippen LogP contribution in [-0.4, -0.2) is 28.3 Å². The number of carbonyl (C=O) groups is 2. The van der Waals surface area contributed by atoms with E-state index in [1.807, 2.05) is 19.1 Å². The maximum absolute atomic E-state index is 12.8. The standard InChI is InChI=1S/C17H20N4O3S/c1-10-7-8-13(12(9-10)14(22)11-5-3-4-6-11)18-15(23)19-17-20-16(24-2)21-25-17/h7-9,11H,3-6H2,1-2H3,(H2,18,19,20,21,23). The number of aryl methyl sites for hydroxylation is 1. The number of benzene rings is 1. The number of nitrogens with one attached hydrogen (secondary N) is 2. The monoisotopic (exact) mass is 360 g/mol. The molecule has 0 bridgehead atoms. The van der Waals surface area contributed by atoms with Crippen molar-refractivity contribution in [2.45, 2.75) is 32.6 Å². The van der Waals surface area contributed by atoms with E-state index in [1.54, 1.807) is 6.07 Å². The Morgan fingerprint density at radius 1 is 1.24 bits per heavy atom. The molecule has 0 unspecified atom stereocenters. The lowest BCUT2D eigenvalue weighted by Crippen LogP contribution is -2.22. The highest BCUT2D eigenvalue weighted by atomic mass is 32.1. The van der Waals surface area contributed by atoms with Gasteiger partial charge in [0.2, 0.25) is 5.13 Å². The van der Waals surface area contributed by atoms with E-state index in [-0.39, 0.29) is 17.7 Å². The van der Waals surface area contributed by atoms with E-state index >= 15 is 0 Å². The third-order valence-corrected chi connectivity index (χ3v) is 4.84. The van der Waals surface area contributed by atoms with Crippen LogP contribution in [0.4, 0.5) is 15.6 Å². The van der Waals surface area contributed by atoms with Gasteiger partial charge < -0.3 is 10.1 Å². The number of carbonyl (C=O) groups excluding carboxylic acids is 2. The number of hydrogen-bond donors (Lipinski definition) is 2. The zero-order valence-corrected chi connectivity index (χ0v) is 15.0. The first-order valence-electron chi connectivity index (χ1n) is 8.17. The zero-order valence-electron chi connectivity index (χ0n) is 14.2. The third kappa shape index (κ3) is 4.14. The number of anilines is 2. The fourth-order valence-electron chi connectivity index (χ4n) is 2.97. The van der Waals surface area contributed by atoms with Gasteiger partial charge in [0.05, 0.1) is 12.8 Å². The van der Waals surface area contributed by atoms with Crippen molar-refractivity contribution in [2.75, 3.05) is 17.7 Å². The number of hydrogen-bond acceptors (Lipinski definition) is 6. The highest BCUT2D eigenvalue weighted by Gasteiger charge is 2.26. The average molecular weight is 360 g/mol. The first-order chi connectivity index (χ1) is 12.1. The zero-order chi connectivity index (χ0) is 17.8. The normalized spacial score (nSPS) is 14.3. The van der Waals surface area contributed by atoms with Crippen molar-refractivity contribution in [3.05, 3.63) is 29.3 Å². The Labute approximate surface area is 150 Å². The molecule has 0 radical (unpaired) electrons. The summed E-state index contributed by atoms with van der Waals surface area (Å²) < 4.78 is 8.80. The summed E-state index contributed by atoms with van der Waals surface area (Å²) >= 11 is 1.02. The quantitative estimate of drug-likeness (QED) is 0.790. The van der Waals surface area contributed by atoms with E-state index in [0.717, 1.165) is 42.8 Å². The summed E-state index contributed by atoms with van der Waals surface area (Å²) in [4.78, 5) is 29.0. The Bertz CT molecular complexity index is 784. The van der Waals surface area contributed by atoms with Crippen LogP contribution in [0.25, 0.3) is 0 Å². The van der Waals surface area contributed by atoms with Crippen LogP contribution >= 0.6 is 11.5 Å². The van der Waals surface area contributed by atoms with Gasteiger partial charge in [-0.25, -0.2) is 4.79 Å². The minimum absolute atomic E-state index is 0.0536. The minimum Gasteiger partial charge on any atom is -0.466 e. The van der Waals surface area contributed by atoms with Gasteiger partial charge in [-0.05, 0) is 31.9 Å². The molecule has 2 amide bonds. The van der Waals surface area contributed by atoms with Gasteiger partial charge in [-0.2, -0.15) is 4.98 Å². The fraction of sp³-hybridized carbons (Fsp3) is 0.412. The van der Waals surface area contributed by atoms with Crippen LogP contribution in [0.1, 0.15) is 41.6 Å².